The maximum Gasteiger partial charge on any atom is 0.408 e. The highest BCUT2D eigenvalue weighted by Crippen LogP contribution is 2.19. The number of hydrogen-bond donors (Lipinski definition) is 1. The summed E-state index contributed by atoms with van der Waals surface area (Å²) in [5.74, 6) is 6.37. The van der Waals surface area contributed by atoms with Crippen molar-refractivity contribution in [3.05, 3.63) is 64.7 Å². The van der Waals surface area contributed by atoms with Crippen LogP contribution in [0.2, 0.25) is 5.02 Å². The van der Waals surface area contributed by atoms with Gasteiger partial charge in [0.05, 0.1) is 13.7 Å². The summed E-state index contributed by atoms with van der Waals surface area (Å²) in [7, 11) is 1.56. The van der Waals surface area contributed by atoms with Gasteiger partial charge in [-0.25, -0.2) is 4.79 Å². The number of methoxy groups -OCH3 is 1. The molecule has 0 radical (unpaired) electrons. The van der Waals surface area contributed by atoms with Gasteiger partial charge in [-0.15, -0.1) is 0 Å². The molecule has 23 heavy (non-hydrogen) atoms. The first-order valence-electron chi connectivity index (χ1n) is 6.95. The normalized spacial score (nSPS) is 9.48. The first-order chi connectivity index (χ1) is 11.2. The molecule has 0 aliphatic heterocycles. The highest BCUT2D eigenvalue weighted by molar-refractivity contribution is 6.30. The van der Waals surface area contributed by atoms with Crippen molar-refractivity contribution >= 4 is 17.7 Å². The van der Waals surface area contributed by atoms with E-state index in [2.05, 4.69) is 17.2 Å². The second-order valence-electron chi connectivity index (χ2n) is 4.60. The molecule has 118 valence electrons. The Balaban J connectivity index is 1.79. The molecule has 0 aliphatic rings. The first kappa shape index (κ1) is 16.7. The van der Waals surface area contributed by atoms with Crippen molar-refractivity contribution in [2.75, 3.05) is 13.7 Å². The Morgan fingerprint density at radius 1 is 1.22 bits per heavy atom. The minimum absolute atomic E-state index is 0.183. The van der Waals surface area contributed by atoms with Gasteiger partial charge in [0.15, 0.2) is 0 Å². The van der Waals surface area contributed by atoms with E-state index in [4.69, 9.17) is 21.1 Å². The lowest BCUT2D eigenvalue weighted by Gasteiger charge is -2.04. The Hall–Kier alpha value is -2.64. The van der Waals surface area contributed by atoms with E-state index in [1.165, 1.54) is 0 Å². The van der Waals surface area contributed by atoms with Crippen LogP contribution in [0.15, 0.2) is 48.5 Å². The SMILES string of the molecule is COc1cc(Cl)cc(C#CCNC(=O)OCc2ccccc2)c1. The van der Waals surface area contributed by atoms with Crippen molar-refractivity contribution in [3.63, 3.8) is 0 Å². The van der Waals surface area contributed by atoms with E-state index >= 15 is 0 Å². The predicted molar refractivity (Wildman–Crippen MR) is 89.5 cm³/mol. The molecule has 2 rings (SSSR count). The van der Waals surface area contributed by atoms with Crippen LogP contribution in [0.3, 0.4) is 0 Å². The monoisotopic (exact) mass is 329 g/mol. The molecular formula is C18H16ClNO3. The lowest BCUT2D eigenvalue weighted by atomic mass is 10.2. The van der Waals surface area contributed by atoms with Gasteiger partial charge in [-0.3, -0.25) is 0 Å². The third-order valence-corrected chi connectivity index (χ3v) is 3.09. The molecule has 4 nitrogen and oxygen atoms in total. The summed E-state index contributed by atoms with van der Waals surface area (Å²) in [4.78, 5) is 11.5. The molecule has 0 bridgehead atoms. The van der Waals surface area contributed by atoms with Crippen molar-refractivity contribution in [1.29, 1.82) is 0 Å². The standard InChI is InChI=1S/C18H16ClNO3/c1-22-17-11-15(10-16(19)12-17)8-5-9-20-18(21)23-13-14-6-3-2-4-7-14/h2-4,6-7,10-12H,9,13H2,1H3,(H,20,21). The van der Waals surface area contributed by atoms with E-state index in [1.54, 1.807) is 25.3 Å². The van der Waals surface area contributed by atoms with Crippen LogP contribution in [0.25, 0.3) is 0 Å². The fourth-order valence-electron chi connectivity index (χ4n) is 1.79. The van der Waals surface area contributed by atoms with E-state index in [0.29, 0.717) is 16.3 Å². The van der Waals surface area contributed by atoms with Crippen molar-refractivity contribution < 1.29 is 14.3 Å². The third-order valence-electron chi connectivity index (χ3n) is 2.87. The van der Waals surface area contributed by atoms with Crippen LogP contribution in [0.4, 0.5) is 4.79 Å². The van der Waals surface area contributed by atoms with Gasteiger partial charge in [-0.2, -0.15) is 0 Å². The Labute approximate surface area is 140 Å². The van der Waals surface area contributed by atoms with Gasteiger partial charge >= 0.3 is 6.09 Å². The van der Waals surface area contributed by atoms with E-state index in [0.717, 1.165) is 5.56 Å². The molecule has 0 aromatic heterocycles. The fraction of sp³-hybridized carbons (Fsp3) is 0.167. The molecule has 0 saturated carbocycles. The van der Waals surface area contributed by atoms with Crippen molar-refractivity contribution in [3.8, 4) is 17.6 Å². The Kier molecular flexibility index (Phi) is 6.34. The van der Waals surface area contributed by atoms with Gasteiger partial charge in [-0.1, -0.05) is 53.8 Å². The van der Waals surface area contributed by atoms with Gasteiger partial charge in [0.2, 0.25) is 0 Å². The largest absolute Gasteiger partial charge is 0.497 e. The minimum Gasteiger partial charge on any atom is -0.497 e. The summed E-state index contributed by atoms with van der Waals surface area (Å²) < 4.78 is 10.2. The molecular weight excluding hydrogens is 314 g/mol. The summed E-state index contributed by atoms with van der Waals surface area (Å²) in [6.45, 7) is 0.411. The summed E-state index contributed by atoms with van der Waals surface area (Å²) >= 11 is 5.95. The molecule has 0 aliphatic carbocycles. The van der Waals surface area contributed by atoms with Gasteiger partial charge in [0, 0.05) is 10.6 Å². The Morgan fingerprint density at radius 3 is 2.74 bits per heavy atom. The molecule has 2 aromatic rings. The zero-order valence-corrected chi connectivity index (χ0v) is 13.4. The van der Waals surface area contributed by atoms with Crippen LogP contribution in [0, 0.1) is 11.8 Å². The Morgan fingerprint density at radius 2 is 2.00 bits per heavy atom. The molecule has 0 spiro atoms. The molecule has 0 fully saturated rings. The average molecular weight is 330 g/mol. The second kappa shape index (κ2) is 8.72. The third kappa shape index (κ3) is 5.93. The zero-order valence-electron chi connectivity index (χ0n) is 12.6. The number of rotatable bonds is 4. The molecule has 1 amide bonds. The van der Waals surface area contributed by atoms with Gasteiger partial charge in [-0.05, 0) is 23.8 Å². The lowest BCUT2D eigenvalue weighted by molar-refractivity contribution is 0.141. The number of alkyl carbamates (subject to hydrolysis) is 1. The number of carbonyl (C=O) groups excluding carboxylic acids is 1. The highest BCUT2D eigenvalue weighted by atomic mass is 35.5. The van der Waals surface area contributed by atoms with Crippen molar-refractivity contribution in [1.82, 2.24) is 5.32 Å². The van der Waals surface area contributed by atoms with E-state index < -0.39 is 6.09 Å². The van der Waals surface area contributed by atoms with Crippen LogP contribution in [0.1, 0.15) is 11.1 Å². The van der Waals surface area contributed by atoms with Gasteiger partial charge in [0.25, 0.3) is 0 Å². The van der Waals surface area contributed by atoms with Gasteiger partial charge in [0.1, 0.15) is 12.4 Å². The number of amides is 1. The van der Waals surface area contributed by atoms with Crippen LogP contribution in [-0.2, 0) is 11.3 Å². The quantitative estimate of drug-likeness (QED) is 0.871. The average Bonchev–Trinajstić information content (AvgIpc) is 2.57. The summed E-state index contributed by atoms with van der Waals surface area (Å²) in [5.41, 5.74) is 1.65. The van der Waals surface area contributed by atoms with E-state index in [9.17, 15) is 4.79 Å². The van der Waals surface area contributed by atoms with Crippen molar-refractivity contribution in [2.24, 2.45) is 0 Å². The van der Waals surface area contributed by atoms with E-state index in [-0.39, 0.29) is 13.2 Å². The summed E-state index contributed by atoms with van der Waals surface area (Å²) in [6.07, 6.45) is -0.508. The van der Waals surface area contributed by atoms with Crippen molar-refractivity contribution in [2.45, 2.75) is 6.61 Å². The van der Waals surface area contributed by atoms with E-state index in [1.807, 2.05) is 30.3 Å². The minimum atomic E-state index is -0.508. The Bertz CT molecular complexity index is 720. The van der Waals surface area contributed by atoms with Crippen LogP contribution in [-0.4, -0.2) is 19.7 Å². The molecule has 0 heterocycles. The number of carbonyl (C=O) groups is 1. The molecule has 0 saturated heterocycles. The molecule has 0 atom stereocenters. The summed E-state index contributed by atoms with van der Waals surface area (Å²) in [5, 5.41) is 3.11. The number of benzene rings is 2. The van der Waals surface area contributed by atoms with Crippen LogP contribution < -0.4 is 10.1 Å². The number of nitrogens with one attached hydrogen (secondary N) is 1. The maximum absolute atomic E-state index is 11.5. The topological polar surface area (TPSA) is 47.6 Å². The molecule has 0 unspecified atom stereocenters. The molecule has 2 aromatic carbocycles. The van der Waals surface area contributed by atoms with Gasteiger partial charge < -0.3 is 14.8 Å². The van der Waals surface area contributed by atoms with Crippen LogP contribution >= 0.6 is 11.6 Å². The maximum atomic E-state index is 11.5. The fourth-order valence-corrected chi connectivity index (χ4v) is 2.01. The lowest BCUT2D eigenvalue weighted by Crippen LogP contribution is -2.24. The number of halogens is 1. The number of hydrogen-bond acceptors (Lipinski definition) is 3. The summed E-state index contributed by atoms with van der Waals surface area (Å²) in [6, 6.07) is 14.7. The molecule has 5 heteroatoms. The zero-order chi connectivity index (χ0) is 16.5. The smallest absolute Gasteiger partial charge is 0.408 e. The highest BCUT2D eigenvalue weighted by Gasteiger charge is 2.00. The number of ether oxygens (including phenoxy) is 2. The first-order valence-corrected chi connectivity index (χ1v) is 7.33. The second-order valence-corrected chi connectivity index (χ2v) is 5.03. The predicted octanol–water partition coefficient (Wildman–Crippen LogP) is 3.63. The molecule has 1 N–H and O–H groups in total. The van der Waals surface area contributed by atoms with Crippen LogP contribution in [0.5, 0.6) is 5.75 Å².